The van der Waals surface area contributed by atoms with Crippen LogP contribution in [0.25, 0.3) is 0 Å². The summed E-state index contributed by atoms with van der Waals surface area (Å²) in [5.41, 5.74) is -0.507. The van der Waals surface area contributed by atoms with E-state index in [9.17, 15) is 9.59 Å². The van der Waals surface area contributed by atoms with E-state index >= 15 is 0 Å². The van der Waals surface area contributed by atoms with Crippen molar-refractivity contribution in [1.29, 1.82) is 0 Å². The average Bonchev–Trinajstić information content (AvgIpc) is 3.05. The number of para-hydroxylation sites is 1. The quantitative estimate of drug-likeness (QED) is 0.790. The fourth-order valence-electron chi connectivity index (χ4n) is 3.74. The molecule has 0 saturated carbocycles. The van der Waals surface area contributed by atoms with Gasteiger partial charge in [-0.05, 0) is 44.4 Å². The van der Waals surface area contributed by atoms with Crippen LogP contribution in [-0.4, -0.2) is 53.9 Å². The van der Waals surface area contributed by atoms with Crippen LogP contribution in [0.4, 0.5) is 0 Å². The Morgan fingerprint density at radius 3 is 2.72 bits per heavy atom. The molecule has 2 amide bonds. The third-order valence-corrected chi connectivity index (χ3v) is 5.19. The fourth-order valence-corrected chi connectivity index (χ4v) is 3.74. The predicted octanol–water partition coefficient (Wildman–Crippen LogP) is 2.48. The van der Waals surface area contributed by atoms with Crippen LogP contribution in [-0.2, 0) is 9.59 Å². The number of ether oxygens (including phenoxy) is 1. The molecular formula is C20H26N2O3. The Bertz CT molecular complexity index is 646. The molecule has 0 radical (unpaired) electrons. The van der Waals surface area contributed by atoms with E-state index in [-0.39, 0.29) is 17.9 Å². The number of benzene rings is 1. The van der Waals surface area contributed by atoms with Crippen LogP contribution in [0.15, 0.2) is 43.0 Å². The van der Waals surface area contributed by atoms with Crippen molar-refractivity contribution >= 4 is 11.8 Å². The summed E-state index contributed by atoms with van der Waals surface area (Å²) in [6.45, 7) is 7.96. The van der Waals surface area contributed by atoms with Gasteiger partial charge in [0.05, 0.1) is 12.0 Å². The zero-order chi connectivity index (χ0) is 17.9. The Morgan fingerprint density at radius 2 is 2.00 bits per heavy atom. The van der Waals surface area contributed by atoms with Crippen molar-refractivity contribution < 1.29 is 14.3 Å². The van der Waals surface area contributed by atoms with Crippen molar-refractivity contribution in [2.45, 2.75) is 32.3 Å². The Hall–Kier alpha value is -2.30. The minimum Gasteiger partial charge on any atom is -0.489 e. The van der Waals surface area contributed by atoms with Gasteiger partial charge in [0.25, 0.3) is 0 Å². The van der Waals surface area contributed by atoms with Crippen LogP contribution < -0.4 is 4.74 Å². The van der Waals surface area contributed by atoms with Gasteiger partial charge in [-0.2, -0.15) is 0 Å². The molecule has 0 aliphatic carbocycles. The van der Waals surface area contributed by atoms with Crippen LogP contribution in [0.1, 0.15) is 26.2 Å². The largest absolute Gasteiger partial charge is 0.489 e. The maximum atomic E-state index is 13.1. The number of piperidine rings is 1. The number of likely N-dealkylation sites (tertiary alicyclic amines) is 2. The number of hydrogen-bond donors (Lipinski definition) is 0. The highest BCUT2D eigenvalue weighted by molar-refractivity contribution is 5.89. The maximum Gasteiger partial charge on any atom is 0.245 e. The van der Waals surface area contributed by atoms with Crippen LogP contribution in [0.5, 0.6) is 5.75 Å². The van der Waals surface area contributed by atoms with Crippen LogP contribution >= 0.6 is 0 Å². The van der Waals surface area contributed by atoms with Gasteiger partial charge in [-0.1, -0.05) is 24.8 Å². The van der Waals surface area contributed by atoms with E-state index < -0.39 is 5.41 Å². The average molecular weight is 342 g/mol. The molecule has 2 aliphatic rings. The van der Waals surface area contributed by atoms with Crippen molar-refractivity contribution in [1.82, 2.24) is 9.80 Å². The number of hydrogen-bond acceptors (Lipinski definition) is 3. The molecule has 3 rings (SSSR count). The summed E-state index contributed by atoms with van der Waals surface area (Å²) in [5, 5.41) is 0. The molecule has 134 valence electrons. The number of carbonyl (C=O) groups is 2. The molecule has 2 heterocycles. The monoisotopic (exact) mass is 342 g/mol. The highest BCUT2D eigenvalue weighted by atomic mass is 16.5. The molecule has 2 atom stereocenters. The van der Waals surface area contributed by atoms with Gasteiger partial charge in [0.15, 0.2) is 0 Å². The normalized spacial score (nSPS) is 26.4. The maximum absolute atomic E-state index is 13.1. The van der Waals surface area contributed by atoms with E-state index in [1.54, 1.807) is 4.90 Å². The highest BCUT2D eigenvalue weighted by Gasteiger charge is 2.44. The predicted molar refractivity (Wildman–Crippen MR) is 96.2 cm³/mol. The van der Waals surface area contributed by atoms with Crippen molar-refractivity contribution in [3.8, 4) is 5.75 Å². The number of nitrogens with zero attached hydrogens (tertiary/aromatic N) is 2. The molecule has 2 saturated heterocycles. The molecule has 1 aromatic rings. The minimum absolute atomic E-state index is 0.0241. The third-order valence-electron chi connectivity index (χ3n) is 5.19. The lowest BCUT2D eigenvalue weighted by molar-refractivity contribution is -0.143. The van der Waals surface area contributed by atoms with Gasteiger partial charge in [0.1, 0.15) is 11.9 Å². The number of amides is 2. The summed E-state index contributed by atoms with van der Waals surface area (Å²) < 4.78 is 6.04. The van der Waals surface area contributed by atoms with Crippen LogP contribution in [0, 0.1) is 5.41 Å². The second-order valence-electron chi connectivity index (χ2n) is 7.22. The smallest absolute Gasteiger partial charge is 0.245 e. The first-order valence-electron chi connectivity index (χ1n) is 8.94. The molecule has 25 heavy (non-hydrogen) atoms. The molecule has 1 aromatic carbocycles. The molecule has 0 N–H and O–H groups in total. The summed E-state index contributed by atoms with van der Waals surface area (Å²) >= 11 is 0. The van der Waals surface area contributed by atoms with E-state index in [1.807, 2.05) is 42.2 Å². The van der Waals surface area contributed by atoms with Gasteiger partial charge in [0, 0.05) is 19.6 Å². The Kier molecular flexibility index (Phi) is 5.11. The standard InChI is InChI=1S/C20H26N2O3/c1-3-18(23)22-13-11-20(2,15-22)19(24)21-12-7-10-17(14-21)25-16-8-5-4-6-9-16/h3-6,8-9,17H,1,7,10-15H2,2H3. The first-order valence-corrected chi connectivity index (χ1v) is 8.94. The molecule has 0 bridgehead atoms. The molecule has 0 spiro atoms. The number of rotatable bonds is 4. The van der Waals surface area contributed by atoms with Gasteiger partial charge in [0.2, 0.25) is 11.8 Å². The summed E-state index contributed by atoms with van der Waals surface area (Å²) in [6, 6.07) is 9.74. The molecule has 2 aliphatic heterocycles. The fraction of sp³-hybridized carbons (Fsp3) is 0.500. The SMILES string of the molecule is C=CC(=O)N1CCC(C)(C(=O)N2CCCC(Oc3ccccc3)C2)C1. The van der Waals surface area contributed by atoms with Crippen LogP contribution in [0.3, 0.4) is 0 Å². The molecule has 5 nitrogen and oxygen atoms in total. The molecule has 2 unspecified atom stereocenters. The molecule has 0 aromatic heterocycles. The van der Waals surface area contributed by atoms with Crippen LogP contribution in [0.2, 0.25) is 0 Å². The molecular weight excluding hydrogens is 316 g/mol. The first-order chi connectivity index (χ1) is 12.0. The number of carbonyl (C=O) groups excluding carboxylic acids is 2. The summed E-state index contributed by atoms with van der Waals surface area (Å²) in [4.78, 5) is 28.5. The van der Waals surface area contributed by atoms with Gasteiger partial charge < -0.3 is 14.5 Å². The van der Waals surface area contributed by atoms with Gasteiger partial charge in [-0.15, -0.1) is 0 Å². The highest BCUT2D eigenvalue weighted by Crippen LogP contribution is 2.33. The zero-order valence-corrected chi connectivity index (χ0v) is 14.8. The second-order valence-corrected chi connectivity index (χ2v) is 7.22. The Balaban J connectivity index is 1.62. The minimum atomic E-state index is -0.507. The van der Waals surface area contributed by atoms with E-state index in [4.69, 9.17) is 4.74 Å². The third kappa shape index (κ3) is 3.86. The summed E-state index contributed by atoms with van der Waals surface area (Å²) in [5.74, 6) is 0.880. The summed E-state index contributed by atoms with van der Waals surface area (Å²) in [6.07, 6.45) is 3.94. The molecule has 5 heteroatoms. The topological polar surface area (TPSA) is 49.9 Å². The molecule has 2 fully saturated rings. The Labute approximate surface area is 149 Å². The van der Waals surface area contributed by atoms with Crippen molar-refractivity contribution in [3.05, 3.63) is 43.0 Å². The lowest BCUT2D eigenvalue weighted by Gasteiger charge is -2.37. The lowest BCUT2D eigenvalue weighted by atomic mass is 9.87. The van der Waals surface area contributed by atoms with Gasteiger partial charge >= 0.3 is 0 Å². The lowest BCUT2D eigenvalue weighted by Crippen LogP contribution is -2.50. The van der Waals surface area contributed by atoms with E-state index in [1.165, 1.54) is 6.08 Å². The summed E-state index contributed by atoms with van der Waals surface area (Å²) in [7, 11) is 0. The van der Waals surface area contributed by atoms with Gasteiger partial charge in [-0.25, -0.2) is 0 Å². The van der Waals surface area contributed by atoms with Crippen molar-refractivity contribution in [2.24, 2.45) is 5.41 Å². The first kappa shape index (κ1) is 17.5. The van der Waals surface area contributed by atoms with E-state index in [0.29, 0.717) is 26.1 Å². The van der Waals surface area contributed by atoms with Gasteiger partial charge in [-0.3, -0.25) is 9.59 Å². The second kappa shape index (κ2) is 7.30. The van der Waals surface area contributed by atoms with Crippen molar-refractivity contribution in [2.75, 3.05) is 26.2 Å². The Morgan fingerprint density at radius 1 is 1.24 bits per heavy atom. The zero-order valence-electron chi connectivity index (χ0n) is 14.8. The van der Waals surface area contributed by atoms with E-state index in [2.05, 4.69) is 6.58 Å². The van der Waals surface area contributed by atoms with Crippen molar-refractivity contribution in [3.63, 3.8) is 0 Å². The van der Waals surface area contributed by atoms with E-state index in [0.717, 1.165) is 25.1 Å².